The van der Waals surface area contributed by atoms with Crippen molar-refractivity contribution in [3.8, 4) is 0 Å². The quantitative estimate of drug-likeness (QED) is 0.0722. The number of para-hydroxylation sites is 1. The molecule has 1 aromatic heterocycles. The number of amides is 4. The van der Waals surface area contributed by atoms with Crippen LogP contribution in [0.2, 0.25) is 0 Å². The molecule has 1 fully saturated rings. The van der Waals surface area contributed by atoms with Crippen molar-refractivity contribution in [2.45, 2.75) is 97.2 Å². The maximum atomic E-state index is 14.4. The average Bonchev–Trinajstić information content (AvgIpc) is 3.23. The number of benzene rings is 2. The van der Waals surface area contributed by atoms with Crippen LogP contribution < -0.4 is 21.3 Å². The minimum atomic E-state index is -3.97. The summed E-state index contributed by atoms with van der Waals surface area (Å²) >= 11 is 0. The van der Waals surface area contributed by atoms with Crippen molar-refractivity contribution in [1.82, 2.24) is 30.6 Å². The van der Waals surface area contributed by atoms with E-state index in [0.717, 1.165) is 10.8 Å². The van der Waals surface area contributed by atoms with Crippen LogP contribution in [0.25, 0.3) is 10.9 Å². The Morgan fingerprint density at radius 3 is 2.14 bits per heavy atom. The summed E-state index contributed by atoms with van der Waals surface area (Å²) in [6.07, 6.45) is -1.18. The van der Waals surface area contributed by atoms with Crippen molar-refractivity contribution in [2.75, 3.05) is 26.3 Å². The van der Waals surface area contributed by atoms with Gasteiger partial charge in [0.05, 0.1) is 43.4 Å². The number of hydrogen-bond acceptors (Lipinski definition) is 13. The van der Waals surface area contributed by atoms with Gasteiger partial charge in [0.1, 0.15) is 30.3 Å². The predicted molar refractivity (Wildman–Crippen MR) is 236 cm³/mol. The molecule has 4 atom stereocenters. The Bertz CT molecular complexity index is 2270. The maximum Gasteiger partial charge on any atom is 0.408 e. The van der Waals surface area contributed by atoms with Gasteiger partial charge in [0, 0.05) is 36.0 Å². The van der Waals surface area contributed by atoms with Crippen LogP contribution in [0.3, 0.4) is 0 Å². The van der Waals surface area contributed by atoms with E-state index in [1.165, 1.54) is 17.3 Å². The van der Waals surface area contributed by atoms with Gasteiger partial charge in [0.25, 0.3) is 0 Å². The molecule has 0 bridgehead atoms. The first-order chi connectivity index (χ1) is 30.2. The molecule has 2 aromatic carbocycles. The predicted octanol–water partition coefficient (Wildman–Crippen LogP) is 3.56. The van der Waals surface area contributed by atoms with Crippen molar-refractivity contribution in [2.24, 2.45) is 5.92 Å². The molecule has 64 heavy (non-hydrogen) atoms. The van der Waals surface area contributed by atoms with Gasteiger partial charge >= 0.3 is 18.0 Å². The SMILES string of the molecule is C=C(C)OC(=O)C[C@H](NC(=O)OCc1ccccc1)C(=O)N[C@@H](Cc1ccc2ccccc2n1)C(=O)N[C@H](C(=O)N[C@H](/C=C/S(=O)(=O)N1CCOCC1)CC(=O)OC(C)(C)C)C(C)C. The lowest BCUT2D eigenvalue weighted by Gasteiger charge is -2.28. The van der Waals surface area contributed by atoms with E-state index < -0.39 is 94.3 Å². The van der Waals surface area contributed by atoms with Crippen LogP contribution in [0.1, 0.15) is 65.6 Å². The number of pyridine rings is 1. The normalized spacial score (nSPS) is 15.3. The van der Waals surface area contributed by atoms with Crippen LogP contribution in [0.5, 0.6) is 0 Å². The van der Waals surface area contributed by atoms with Crippen LogP contribution in [0.4, 0.5) is 4.79 Å². The number of aromatic nitrogens is 1. The van der Waals surface area contributed by atoms with Crippen molar-refractivity contribution < 1.29 is 56.1 Å². The highest BCUT2D eigenvalue weighted by Gasteiger charge is 2.34. The van der Waals surface area contributed by atoms with Gasteiger partial charge in [-0.05, 0) is 57.4 Å². The number of esters is 2. The average molecular weight is 907 g/mol. The summed E-state index contributed by atoms with van der Waals surface area (Å²) in [5, 5.41) is 12.1. The summed E-state index contributed by atoms with van der Waals surface area (Å²) in [6, 6.07) is 13.9. The number of rotatable bonds is 20. The highest BCUT2D eigenvalue weighted by Crippen LogP contribution is 2.16. The van der Waals surface area contributed by atoms with Crippen LogP contribution in [0.15, 0.2) is 90.6 Å². The molecule has 0 aliphatic carbocycles. The number of fused-ring (bicyclic) bond motifs is 1. The zero-order chi connectivity index (χ0) is 47.0. The van der Waals surface area contributed by atoms with E-state index >= 15 is 0 Å². The number of morpholine rings is 1. The third-order valence-corrected chi connectivity index (χ3v) is 11.0. The number of hydrogen-bond donors (Lipinski definition) is 4. The van der Waals surface area contributed by atoms with E-state index in [9.17, 15) is 37.2 Å². The summed E-state index contributed by atoms with van der Waals surface area (Å²) in [7, 11) is -3.97. The van der Waals surface area contributed by atoms with Crippen molar-refractivity contribution >= 4 is 56.7 Å². The van der Waals surface area contributed by atoms with Gasteiger partial charge in [-0.2, -0.15) is 4.31 Å². The Labute approximate surface area is 373 Å². The number of carbonyl (C=O) groups is 6. The van der Waals surface area contributed by atoms with Crippen LogP contribution in [0, 0.1) is 5.92 Å². The Morgan fingerprint density at radius 1 is 0.828 bits per heavy atom. The molecule has 4 rings (SSSR count). The monoisotopic (exact) mass is 906 g/mol. The summed E-state index contributed by atoms with van der Waals surface area (Å²) < 4.78 is 48.6. The fraction of sp³-hybridized carbons (Fsp3) is 0.444. The Kier molecular flexibility index (Phi) is 18.5. The largest absolute Gasteiger partial charge is 0.460 e. The van der Waals surface area contributed by atoms with Crippen LogP contribution in [-0.2, 0) is 66.0 Å². The molecule has 0 saturated carbocycles. The minimum Gasteiger partial charge on any atom is -0.460 e. The molecule has 0 unspecified atom stereocenters. The second kappa shape index (κ2) is 23.5. The Morgan fingerprint density at radius 2 is 1.48 bits per heavy atom. The van der Waals surface area contributed by atoms with E-state index in [2.05, 4.69) is 32.8 Å². The smallest absolute Gasteiger partial charge is 0.408 e. The summed E-state index contributed by atoms with van der Waals surface area (Å²) in [5.41, 5.74) is 0.759. The first-order valence-electron chi connectivity index (χ1n) is 20.8. The van der Waals surface area contributed by atoms with Gasteiger partial charge in [0.15, 0.2) is 0 Å². The zero-order valence-corrected chi connectivity index (χ0v) is 37.8. The molecular weight excluding hydrogens is 849 g/mol. The summed E-state index contributed by atoms with van der Waals surface area (Å²) in [5.74, 6) is -4.77. The number of nitrogens with zero attached hydrogens (tertiary/aromatic N) is 2. The molecule has 2 heterocycles. The number of carbonyl (C=O) groups excluding carboxylic acids is 6. The van der Waals surface area contributed by atoms with E-state index in [-0.39, 0.29) is 45.1 Å². The molecule has 1 aliphatic rings. The third-order valence-electron chi connectivity index (χ3n) is 9.38. The van der Waals surface area contributed by atoms with E-state index in [4.69, 9.17) is 18.9 Å². The highest BCUT2D eigenvalue weighted by atomic mass is 32.2. The number of sulfonamides is 1. The fourth-order valence-corrected chi connectivity index (χ4v) is 7.52. The molecule has 4 N–H and O–H groups in total. The summed E-state index contributed by atoms with van der Waals surface area (Å²) in [6.45, 7) is 13.8. The standard InChI is InChI=1S/C45H58N6O12S/c1-29(2)40(43(56)47-34(26-39(53)63-45(5,6)7)19-24-64(58,59)51-20-22-60-23-21-51)50-42(55)36(25-33-18-17-32-15-11-12-16-35(32)46-33)48-41(54)37(27-38(52)62-30(3)4)49-44(57)61-28-31-13-9-8-10-14-31/h8-19,24,29,34,36-37,40H,3,20-23,25-28H2,1-2,4-7H3,(H,47,56)(H,48,54)(H,49,57)(H,50,55)/b24-19+/t34-,36+,37+,40+/m1/s1. The lowest BCUT2D eigenvalue weighted by atomic mass is 10.0. The van der Waals surface area contributed by atoms with Crippen molar-refractivity contribution in [1.29, 1.82) is 0 Å². The van der Waals surface area contributed by atoms with Crippen molar-refractivity contribution in [3.05, 3.63) is 102 Å². The van der Waals surface area contributed by atoms with Gasteiger partial charge < -0.3 is 40.2 Å². The second-order valence-electron chi connectivity index (χ2n) is 16.4. The molecule has 4 amide bonds. The molecule has 3 aromatic rings. The number of allylic oxidation sites excluding steroid dienone is 1. The second-order valence-corrected chi connectivity index (χ2v) is 18.2. The van der Waals surface area contributed by atoms with Crippen LogP contribution in [-0.4, -0.2) is 110 Å². The first-order valence-corrected chi connectivity index (χ1v) is 22.3. The van der Waals surface area contributed by atoms with E-state index in [1.807, 2.05) is 12.1 Å². The fourth-order valence-electron chi connectivity index (χ4n) is 6.30. The maximum absolute atomic E-state index is 14.4. The zero-order valence-electron chi connectivity index (χ0n) is 37.0. The number of ether oxygens (including phenoxy) is 4. The first kappa shape index (κ1) is 50.5. The Balaban J connectivity index is 1.61. The van der Waals surface area contributed by atoms with E-state index in [0.29, 0.717) is 16.8 Å². The number of alkyl carbamates (subject to hydrolysis) is 1. The molecule has 0 spiro atoms. The molecule has 19 heteroatoms. The highest BCUT2D eigenvalue weighted by molar-refractivity contribution is 7.92. The van der Waals surface area contributed by atoms with Crippen molar-refractivity contribution in [3.63, 3.8) is 0 Å². The van der Waals surface area contributed by atoms with Gasteiger partial charge in [0.2, 0.25) is 27.7 Å². The minimum absolute atomic E-state index is 0.0380. The van der Waals surface area contributed by atoms with Gasteiger partial charge in [-0.3, -0.25) is 29.0 Å². The number of nitrogens with one attached hydrogen (secondary N) is 4. The molecule has 1 aliphatic heterocycles. The molecule has 346 valence electrons. The van der Waals surface area contributed by atoms with E-state index in [1.54, 1.807) is 89.2 Å². The molecule has 18 nitrogen and oxygen atoms in total. The lowest BCUT2D eigenvalue weighted by Crippen LogP contribution is -2.59. The summed E-state index contributed by atoms with van der Waals surface area (Å²) in [4.78, 5) is 85.9. The molecule has 0 radical (unpaired) electrons. The van der Waals surface area contributed by atoms with Gasteiger partial charge in [-0.1, -0.05) is 75.0 Å². The van der Waals surface area contributed by atoms with Gasteiger partial charge in [-0.25, -0.2) is 13.2 Å². The van der Waals surface area contributed by atoms with Crippen LogP contribution >= 0.6 is 0 Å². The Hall–Kier alpha value is -6.18. The third kappa shape index (κ3) is 16.8. The molecule has 1 saturated heterocycles. The lowest BCUT2D eigenvalue weighted by molar-refractivity contribution is -0.155. The topological polar surface area (TPSA) is 238 Å². The molecular formula is C45H58N6O12S. The van der Waals surface area contributed by atoms with Gasteiger partial charge in [-0.15, -0.1) is 0 Å².